The van der Waals surface area contributed by atoms with Gasteiger partial charge in [-0.3, -0.25) is 14.4 Å². The molecular weight excluding hydrogens is 404 g/mol. The van der Waals surface area contributed by atoms with Crippen LogP contribution in [0.4, 0.5) is 17.1 Å². The summed E-state index contributed by atoms with van der Waals surface area (Å²) in [4.78, 5) is 40.4. The van der Waals surface area contributed by atoms with Crippen molar-refractivity contribution in [1.82, 2.24) is 4.90 Å². The molecule has 7 heteroatoms. The van der Waals surface area contributed by atoms with E-state index in [1.54, 1.807) is 38.4 Å². The summed E-state index contributed by atoms with van der Waals surface area (Å²) >= 11 is 0. The molecule has 1 heterocycles. The third kappa shape index (κ3) is 6.57. The molecule has 0 radical (unpaired) electrons. The van der Waals surface area contributed by atoms with Crippen molar-refractivity contribution >= 4 is 34.8 Å². The Bertz CT molecular complexity index is 948. The minimum Gasteiger partial charge on any atom is -0.372 e. The van der Waals surface area contributed by atoms with E-state index in [9.17, 15) is 14.4 Å². The van der Waals surface area contributed by atoms with Gasteiger partial charge in [0.05, 0.1) is 0 Å². The van der Waals surface area contributed by atoms with Crippen molar-refractivity contribution in [2.24, 2.45) is 5.92 Å². The van der Waals surface area contributed by atoms with Crippen LogP contribution in [0.2, 0.25) is 0 Å². The summed E-state index contributed by atoms with van der Waals surface area (Å²) < 4.78 is 0. The zero-order chi connectivity index (χ0) is 23.1. The van der Waals surface area contributed by atoms with Gasteiger partial charge in [-0.2, -0.15) is 0 Å². The summed E-state index contributed by atoms with van der Waals surface area (Å²) in [6, 6.07) is 14.6. The number of nitrogens with one attached hydrogen (secondary N) is 2. The van der Waals surface area contributed by atoms with Crippen LogP contribution in [0.15, 0.2) is 48.5 Å². The number of carbonyl (C=O) groups is 3. The second-order valence-corrected chi connectivity index (χ2v) is 8.59. The Labute approximate surface area is 189 Å². The Morgan fingerprint density at radius 3 is 2.09 bits per heavy atom. The van der Waals surface area contributed by atoms with E-state index < -0.39 is 0 Å². The lowest BCUT2D eigenvalue weighted by molar-refractivity contribution is -0.121. The van der Waals surface area contributed by atoms with Crippen LogP contribution >= 0.6 is 0 Å². The summed E-state index contributed by atoms with van der Waals surface area (Å²) in [6.07, 6.45) is 2.54. The average molecular weight is 437 g/mol. The Kier molecular flexibility index (Phi) is 7.87. The van der Waals surface area contributed by atoms with E-state index in [0.29, 0.717) is 11.3 Å². The van der Waals surface area contributed by atoms with Gasteiger partial charge in [-0.1, -0.05) is 13.0 Å². The third-order valence-electron chi connectivity index (χ3n) is 5.68. The van der Waals surface area contributed by atoms with E-state index in [2.05, 4.69) is 22.5 Å². The summed E-state index contributed by atoms with van der Waals surface area (Å²) in [5, 5.41) is 5.59. The predicted octanol–water partition coefficient (Wildman–Crippen LogP) is 3.98. The number of amides is 3. The van der Waals surface area contributed by atoms with E-state index in [-0.39, 0.29) is 30.6 Å². The lowest BCUT2D eigenvalue weighted by Crippen LogP contribution is -2.32. The molecule has 7 nitrogen and oxygen atoms in total. The number of anilines is 3. The second-order valence-electron chi connectivity index (χ2n) is 8.59. The maximum Gasteiger partial charge on any atom is 0.253 e. The van der Waals surface area contributed by atoms with Gasteiger partial charge >= 0.3 is 0 Å². The molecule has 170 valence electrons. The average Bonchev–Trinajstić information content (AvgIpc) is 2.78. The highest BCUT2D eigenvalue weighted by Crippen LogP contribution is 2.24. The van der Waals surface area contributed by atoms with Crippen LogP contribution in [-0.4, -0.2) is 49.8 Å². The standard InChI is InChI=1S/C25H32N4O3/c1-18-13-15-29(16-14-18)22-9-7-20(8-10-22)26-23(30)11-12-24(31)27-21-6-4-5-19(17-21)25(32)28(2)3/h4-10,17-18H,11-16H2,1-3H3,(H,26,30)(H,27,31). The van der Waals surface area contributed by atoms with Crippen molar-refractivity contribution in [2.75, 3.05) is 42.7 Å². The molecular formula is C25H32N4O3. The van der Waals surface area contributed by atoms with E-state index in [1.165, 1.54) is 23.4 Å². The largest absolute Gasteiger partial charge is 0.372 e. The van der Waals surface area contributed by atoms with E-state index in [4.69, 9.17) is 0 Å². The number of carbonyl (C=O) groups excluding carboxylic acids is 3. The molecule has 0 spiro atoms. The van der Waals surface area contributed by atoms with Gasteiger partial charge in [0, 0.05) is 62.7 Å². The topological polar surface area (TPSA) is 81.8 Å². The summed E-state index contributed by atoms with van der Waals surface area (Å²) in [7, 11) is 3.35. The molecule has 2 aromatic rings. The van der Waals surface area contributed by atoms with Crippen molar-refractivity contribution in [3.05, 3.63) is 54.1 Å². The molecule has 32 heavy (non-hydrogen) atoms. The fraction of sp³-hybridized carbons (Fsp3) is 0.400. The number of hydrogen-bond acceptors (Lipinski definition) is 4. The zero-order valence-corrected chi connectivity index (χ0v) is 19.1. The minimum atomic E-state index is -0.274. The monoisotopic (exact) mass is 436 g/mol. The van der Waals surface area contributed by atoms with Gasteiger partial charge in [0.25, 0.3) is 5.91 Å². The molecule has 0 aromatic heterocycles. The highest BCUT2D eigenvalue weighted by atomic mass is 16.2. The minimum absolute atomic E-state index is 0.0573. The molecule has 1 aliphatic rings. The van der Waals surface area contributed by atoms with Crippen LogP contribution < -0.4 is 15.5 Å². The smallest absolute Gasteiger partial charge is 0.253 e. The molecule has 0 atom stereocenters. The first-order valence-corrected chi connectivity index (χ1v) is 11.1. The van der Waals surface area contributed by atoms with Gasteiger partial charge in [-0.15, -0.1) is 0 Å². The quantitative estimate of drug-likeness (QED) is 0.688. The molecule has 1 aliphatic heterocycles. The van der Waals surface area contributed by atoms with Gasteiger partial charge in [-0.05, 0) is 61.2 Å². The van der Waals surface area contributed by atoms with Crippen molar-refractivity contribution < 1.29 is 14.4 Å². The van der Waals surface area contributed by atoms with Crippen molar-refractivity contribution in [3.63, 3.8) is 0 Å². The maximum atomic E-state index is 12.3. The first kappa shape index (κ1) is 23.3. The van der Waals surface area contributed by atoms with Gasteiger partial charge in [0.1, 0.15) is 0 Å². The highest BCUT2D eigenvalue weighted by molar-refractivity contribution is 5.99. The fourth-order valence-electron chi connectivity index (χ4n) is 3.68. The van der Waals surface area contributed by atoms with E-state index >= 15 is 0 Å². The summed E-state index contributed by atoms with van der Waals surface area (Å²) in [5.41, 5.74) is 2.92. The number of rotatable bonds is 7. The first-order chi connectivity index (χ1) is 15.3. The van der Waals surface area contributed by atoms with Crippen LogP contribution in [0, 0.1) is 5.92 Å². The Morgan fingerprint density at radius 1 is 0.906 bits per heavy atom. The molecule has 1 fully saturated rings. The predicted molar refractivity (Wildman–Crippen MR) is 128 cm³/mol. The lowest BCUT2D eigenvalue weighted by atomic mass is 9.99. The normalized spacial score (nSPS) is 14.0. The van der Waals surface area contributed by atoms with Crippen LogP contribution in [0.3, 0.4) is 0 Å². The number of nitrogens with zero attached hydrogens (tertiary/aromatic N) is 2. The molecule has 2 N–H and O–H groups in total. The molecule has 0 aliphatic carbocycles. The van der Waals surface area contributed by atoms with Crippen molar-refractivity contribution in [1.29, 1.82) is 0 Å². The van der Waals surface area contributed by atoms with Crippen molar-refractivity contribution in [2.45, 2.75) is 32.6 Å². The van der Waals surface area contributed by atoms with Gasteiger partial charge in [0.15, 0.2) is 0 Å². The van der Waals surface area contributed by atoms with Gasteiger partial charge in [0.2, 0.25) is 11.8 Å². The second kappa shape index (κ2) is 10.8. The van der Waals surface area contributed by atoms with Crippen LogP contribution in [0.1, 0.15) is 43.0 Å². The molecule has 3 amide bonds. The zero-order valence-electron chi connectivity index (χ0n) is 19.1. The summed E-state index contributed by atoms with van der Waals surface area (Å²) in [6.45, 7) is 4.42. The van der Waals surface area contributed by atoms with Gasteiger partial charge in [-0.25, -0.2) is 0 Å². The Morgan fingerprint density at radius 2 is 1.50 bits per heavy atom. The molecule has 3 rings (SSSR count). The van der Waals surface area contributed by atoms with E-state index in [0.717, 1.165) is 24.7 Å². The molecule has 0 bridgehead atoms. The number of piperidine rings is 1. The lowest BCUT2D eigenvalue weighted by Gasteiger charge is -2.32. The highest BCUT2D eigenvalue weighted by Gasteiger charge is 2.16. The SMILES string of the molecule is CC1CCN(c2ccc(NC(=O)CCC(=O)Nc3cccc(C(=O)N(C)C)c3)cc2)CC1. The van der Waals surface area contributed by atoms with Crippen LogP contribution in [-0.2, 0) is 9.59 Å². The molecule has 0 saturated carbocycles. The third-order valence-corrected chi connectivity index (χ3v) is 5.68. The number of benzene rings is 2. The fourth-order valence-corrected chi connectivity index (χ4v) is 3.68. The number of hydrogen-bond donors (Lipinski definition) is 2. The van der Waals surface area contributed by atoms with Crippen molar-refractivity contribution in [3.8, 4) is 0 Å². The molecule has 2 aromatic carbocycles. The van der Waals surface area contributed by atoms with Crippen LogP contribution in [0.25, 0.3) is 0 Å². The molecule has 0 unspecified atom stereocenters. The maximum absolute atomic E-state index is 12.3. The Hall–Kier alpha value is -3.35. The van der Waals surface area contributed by atoms with E-state index in [1.807, 2.05) is 24.3 Å². The summed E-state index contributed by atoms with van der Waals surface area (Å²) in [5.74, 6) is 0.161. The molecule has 1 saturated heterocycles. The first-order valence-electron chi connectivity index (χ1n) is 11.1. The van der Waals surface area contributed by atoms with Gasteiger partial charge < -0.3 is 20.4 Å². The Balaban J connectivity index is 1.45. The van der Waals surface area contributed by atoms with Crippen LogP contribution in [0.5, 0.6) is 0 Å².